The van der Waals surface area contributed by atoms with E-state index >= 15 is 0 Å². The molecule has 2 heteroatoms. The van der Waals surface area contributed by atoms with Crippen LogP contribution in [0.2, 0.25) is 0 Å². The maximum atomic E-state index is 10.0. The lowest BCUT2D eigenvalue weighted by Gasteiger charge is -2.10. The van der Waals surface area contributed by atoms with Crippen LogP contribution in [0.5, 0.6) is 0 Å². The fourth-order valence-electron chi connectivity index (χ4n) is 0.0481. The number of hydrogen-bond donors (Lipinski definition) is 0. The van der Waals surface area contributed by atoms with Gasteiger partial charge in [0.1, 0.15) is 6.29 Å². The molecule has 0 aromatic rings. The quantitative estimate of drug-likeness (QED) is 0.509. The normalized spacial score (nSPS) is 11.3. The molecule has 0 aromatic heterocycles. The van der Waals surface area contributed by atoms with Crippen molar-refractivity contribution in [2.24, 2.45) is 0 Å². The fraction of sp³-hybridized carbons (Fsp3) is 0.800. The molecule has 0 amide bonds. The molecule has 7 heavy (non-hydrogen) atoms. The van der Waals surface area contributed by atoms with Crippen LogP contribution >= 0.6 is 11.8 Å². The van der Waals surface area contributed by atoms with Crippen LogP contribution in [-0.2, 0) is 4.79 Å². The zero-order valence-corrected chi connectivity index (χ0v) is 5.71. The van der Waals surface area contributed by atoms with Crippen LogP contribution in [-0.4, -0.2) is 17.3 Å². The lowest BCUT2D eigenvalue weighted by atomic mass is 10.2. The number of rotatable bonds is 2. The molecule has 0 atom stereocenters. The molecule has 0 aliphatic carbocycles. The average molecular weight is 118 g/mol. The van der Waals surface area contributed by atoms with Crippen LogP contribution in [0.15, 0.2) is 0 Å². The van der Waals surface area contributed by atoms with Gasteiger partial charge in [0.05, 0.1) is 4.75 Å². The summed E-state index contributed by atoms with van der Waals surface area (Å²) < 4.78 is -0.181. The van der Waals surface area contributed by atoms with E-state index in [0.29, 0.717) is 0 Å². The fourth-order valence-corrected chi connectivity index (χ4v) is 0.144. The Morgan fingerprint density at radius 2 is 2.00 bits per heavy atom. The molecule has 0 N–H and O–H groups in total. The van der Waals surface area contributed by atoms with Gasteiger partial charge < -0.3 is 4.79 Å². The standard InChI is InChI=1S/C5H10OS/c1-5(2,4-6)7-3/h4H,1-3H3. The molecule has 0 spiro atoms. The molecule has 42 valence electrons. The highest BCUT2D eigenvalue weighted by Crippen LogP contribution is 2.16. The molecule has 0 saturated heterocycles. The van der Waals surface area contributed by atoms with Gasteiger partial charge in [0.25, 0.3) is 0 Å². The summed E-state index contributed by atoms with van der Waals surface area (Å²) in [5.74, 6) is 0. The second-order valence-electron chi connectivity index (χ2n) is 1.93. The average Bonchev–Trinajstić information content (AvgIpc) is 1.68. The molecular formula is C5H10OS. The van der Waals surface area contributed by atoms with Crippen LogP contribution in [0.1, 0.15) is 13.8 Å². The first-order valence-corrected chi connectivity index (χ1v) is 3.36. The first-order chi connectivity index (χ1) is 3.12. The number of aldehydes is 1. The number of carbonyl (C=O) groups is 1. The highest BCUT2D eigenvalue weighted by Gasteiger charge is 2.12. The predicted molar refractivity (Wildman–Crippen MR) is 33.7 cm³/mol. The number of carbonyl (C=O) groups excluding carboxylic acids is 1. The van der Waals surface area contributed by atoms with Crippen molar-refractivity contribution in [3.05, 3.63) is 0 Å². The van der Waals surface area contributed by atoms with Crippen molar-refractivity contribution < 1.29 is 4.79 Å². The van der Waals surface area contributed by atoms with E-state index < -0.39 is 0 Å². The third-order valence-electron chi connectivity index (χ3n) is 0.810. The van der Waals surface area contributed by atoms with E-state index in [4.69, 9.17) is 0 Å². The number of hydrogen-bond acceptors (Lipinski definition) is 2. The van der Waals surface area contributed by atoms with Gasteiger partial charge in [-0.05, 0) is 20.1 Å². The molecule has 0 unspecified atom stereocenters. The predicted octanol–water partition coefficient (Wildman–Crippen LogP) is 1.33. The minimum Gasteiger partial charge on any atom is -0.302 e. The molecule has 0 saturated carbocycles. The zero-order chi connectivity index (χ0) is 5.91. The summed E-state index contributed by atoms with van der Waals surface area (Å²) in [6, 6.07) is 0. The molecule has 0 radical (unpaired) electrons. The van der Waals surface area contributed by atoms with Gasteiger partial charge in [0.15, 0.2) is 0 Å². The summed E-state index contributed by atoms with van der Waals surface area (Å²) in [7, 11) is 0. The molecule has 1 nitrogen and oxygen atoms in total. The Hall–Kier alpha value is 0.0200. The minimum atomic E-state index is -0.181. The van der Waals surface area contributed by atoms with E-state index in [9.17, 15) is 4.79 Å². The summed E-state index contributed by atoms with van der Waals surface area (Å²) in [5, 5.41) is 0. The lowest BCUT2D eigenvalue weighted by molar-refractivity contribution is -0.109. The number of thioether (sulfide) groups is 1. The van der Waals surface area contributed by atoms with Gasteiger partial charge in [-0.25, -0.2) is 0 Å². The van der Waals surface area contributed by atoms with Crippen LogP contribution in [0.4, 0.5) is 0 Å². The van der Waals surface area contributed by atoms with Gasteiger partial charge in [-0.1, -0.05) is 0 Å². The maximum absolute atomic E-state index is 10.0. The van der Waals surface area contributed by atoms with E-state index in [0.717, 1.165) is 6.29 Å². The van der Waals surface area contributed by atoms with Crippen molar-refractivity contribution in [3.8, 4) is 0 Å². The van der Waals surface area contributed by atoms with E-state index in [1.165, 1.54) is 0 Å². The Balaban J connectivity index is 3.58. The van der Waals surface area contributed by atoms with Gasteiger partial charge in [0.2, 0.25) is 0 Å². The first-order valence-electron chi connectivity index (χ1n) is 2.14. The molecule has 0 aliphatic heterocycles. The molecule has 0 rings (SSSR count). The molecule has 0 heterocycles. The van der Waals surface area contributed by atoms with Crippen molar-refractivity contribution in [3.63, 3.8) is 0 Å². The Labute approximate surface area is 48.5 Å². The second-order valence-corrected chi connectivity index (χ2v) is 3.39. The molecule has 0 bridgehead atoms. The SMILES string of the molecule is CSC(C)(C)C=O. The van der Waals surface area contributed by atoms with Gasteiger partial charge >= 0.3 is 0 Å². The Morgan fingerprint density at radius 3 is 2.00 bits per heavy atom. The maximum Gasteiger partial charge on any atom is 0.135 e. The lowest BCUT2D eigenvalue weighted by Crippen LogP contribution is -2.14. The van der Waals surface area contributed by atoms with Crippen molar-refractivity contribution in [1.82, 2.24) is 0 Å². The van der Waals surface area contributed by atoms with Gasteiger partial charge in [0, 0.05) is 0 Å². The van der Waals surface area contributed by atoms with Crippen molar-refractivity contribution >= 4 is 18.0 Å². The Kier molecular flexibility index (Phi) is 2.37. The summed E-state index contributed by atoms with van der Waals surface area (Å²) in [4.78, 5) is 10.0. The molecule has 0 fully saturated rings. The smallest absolute Gasteiger partial charge is 0.135 e. The third-order valence-corrected chi connectivity index (χ3v) is 1.96. The van der Waals surface area contributed by atoms with Crippen LogP contribution < -0.4 is 0 Å². The van der Waals surface area contributed by atoms with E-state index in [1.54, 1.807) is 11.8 Å². The molecular weight excluding hydrogens is 108 g/mol. The van der Waals surface area contributed by atoms with Gasteiger partial charge in [-0.15, -0.1) is 0 Å². The van der Waals surface area contributed by atoms with E-state index in [2.05, 4.69) is 0 Å². The highest BCUT2D eigenvalue weighted by molar-refractivity contribution is 8.00. The van der Waals surface area contributed by atoms with Crippen molar-refractivity contribution in [2.45, 2.75) is 18.6 Å². The van der Waals surface area contributed by atoms with Crippen molar-refractivity contribution in [1.29, 1.82) is 0 Å². The first kappa shape index (κ1) is 7.02. The topological polar surface area (TPSA) is 17.1 Å². The van der Waals surface area contributed by atoms with Gasteiger partial charge in [-0.3, -0.25) is 0 Å². The third kappa shape index (κ3) is 2.68. The summed E-state index contributed by atoms with van der Waals surface area (Å²) in [6.07, 6.45) is 2.88. The van der Waals surface area contributed by atoms with Crippen LogP contribution in [0.3, 0.4) is 0 Å². The van der Waals surface area contributed by atoms with E-state index in [-0.39, 0.29) is 4.75 Å². The molecule has 0 aromatic carbocycles. The summed E-state index contributed by atoms with van der Waals surface area (Å²) >= 11 is 1.56. The summed E-state index contributed by atoms with van der Waals surface area (Å²) in [5.41, 5.74) is 0. The highest BCUT2D eigenvalue weighted by atomic mass is 32.2. The Bertz CT molecular complexity index is 68.5. The minimum absolute atomic E-state index is 0.181. The second kappa shape index (κ2) is 2.36. The van der Waals surface area contributed by atoms with Crippen molar-refractivity contribution in [2.75, 3.05) is 6.26 Å². The Morgan fingerprint density at radius 1 is 1.57 bits per heavy atom. The zero-order valence-electron chi connectivity index (χ0n) is 4.89. The van der Waals surface area contributed by atoms with E-state index in [1.807, 2.05) is 20.1 Å². The van der Waals surface area contributed by atoms with Crippen LogP contribution in [0, 0.1) is 0 Å². The molecule has 0 aliphatic rings. The largest absolute Gasteiger partial charge is 0.302 e. The van der Waals surface area contributed by atoms with Gasteiger partial charge in [-0.2, -0.15) is 11.8 Å². The van der Waals surface area contributed by atoms with Crippen LogP contribution in [0.25, 0.3) is 0 Å². The summed E-state index contributed by atoms with van der Waals surface area (Å²) in [6.45, 7) is 3.79. The monoisotopic (exact) mass is 118 g/mol.